The van der Waals surface area contributed by atoms with E-state index in [4.69, 9.17) is 0 Å². The molecule has 1 fully saturated rings. The standard InChI is InChI=1S/C12H19N3O/c1-10-13-8-11(12(16)14(10)2)9-15-6-4-3-5-7-15/h8H,3-7,9H2,1-2H3. The SMILES string of the molecule is Cc1ncc(CN2CCCCC2)c(=O)n1C. The van der Waals surface area contributed by atoms with Crippen molar-refractivity contribution in [2.75, 3.05) is 13.1 Å². The van der Waals surface area contributed by atoms with Gasteiger partial charge in [0, 0.05) is 25.4 Å². The molecule has 0 atom stereocenters. The fourth-order valence-corrected chi connectivity index (χ4v) is 2.14. The number of nitrogens with zero attached hydrogens (tertiary/aromatic N) is 3. The highest BCUT2D eigenvalue weighted by Gasteiger charge is 2.13. The van der Waals surface area contributed by atoms with Gasteiger partial charge in [-0.15, -0.1) is 0 Å². The fraction of sp³-hybridized carbons (Fsp3) is 0.667. The van der Waals surface area contributed by atoms with E-state index in [0.29, 0.717) is 0 Å². The zero-order valence-electron chi connectivity index (χ0n) is 10.1. The van der Waals surface area contributed by atoms with Crippen LogP contribution in [0.2, 0.25) is 0 Å². The normalized spacial score (nSPS) is 17.6. The van der Waals surface area contributed by atoms with Crippen molar-refractivity contribution in [1.82, 2.24) is 14.5 Å². The number of likely N-dealkylation sites (tertiary alicyclic amines) is 1. The summed E-state index contributed by atoms with van der Waals surface area (Å²) in [4.78, 5) is 18.5. The summed E-state index contributed by atoms with van der Waals surface area (Å²) < 4.78 is 1.62. The Bertz CT molecular complexity index is 419. The molecule has 0 saturated carbocycles. The maximum absolute atomic E-state index is 12.0. The van der Waals surface area contributed by atoms with Crippen LogP contribution in [0.4, 0.5) is 0 Å². The van der Waals surface area contributed by atoms with Crippen molar-refractivity contribution in [2.24, 2.45) is 7.05 Å². The van der Waals surface area contributed by atoms with Gasteiger partial charge in [0.05, 0.1) is 0 Å². The summed E-state index contributed by atoms with van der Waals surface area (Å²) in [5, 5.41) is 0. The Morgan fingerprint density at radius 3 is 2.69 bits per heavy atom. The molecule has 88 valence electrons. The monoisotopic (exact) mass is 221 g/mol. The van der Waals surface area contributed by atoms with Crippen molar-refractivity contribution in [3.05, 3.63) is 27.9 Å². The van der Waals surface area contributed by atoms with Gasteiger partial charge < -0.3 is 0 Å². The van der Waals surface area contributed by atoms with E-state index < -0.39 is 0 Å². The summed E-state index contributed by atoms with van der Waals surface area (Å²) in [5.41, 5.74) is 0.910. The first kappa shape index (κ1) is 11.3. The van der Waals surface area contributed by atoms with Crippen LogP contribution in [-0.2, 0) is 13.6 Å². The van der Waals surface area contributed by atoms with Crippen molar-refractivity contribution in [1.29, 1.82) is 0 Å². The quantitative estimate of drug-likeness (QED) is 0.750. The summed E-state index contributed by atoms with van der Waals surface area (Å²) in [5.74, 6) is 0.771. The molecule has 0 N–H and O–H groups in total. The number of aromatic nitrogens is 2. The molecule has 4 nitrogen and oxygen atoms in total. The molecule has 2 heterocycles. The molecule has 2 rings (SSSR count). The lowest BCUT2D eigenvalue weighted by atomic mass is 10.1. The second kappa shape index (κ2) is 4.78. The maximum Gasteiger partial charge on any atom is 0.257 e. The van der Waals surface area contributed by atoms with E-state index >= 15 is 0 Å². The van der Waals surface area contributed by atoms with E-state index in [1.807, 2.05) is 6.92 Å². The molecule has 0 bridgehead atoms. The third kappa shape index (κ3) is 2.32. The molecule has 4 heteroatoms. The first-order valence-corrected chi connectivity index (χ1v) is 5.92. The molecule has 16 heavy (non-hydrogen) atoms. The van der Waals surface area contributed by atoms with Gasteiger partial charge in [-0.3, -0.25) is 14.3 Å². The minimum absolute atomic E-state index is 0.0954. The van der Waals surface area contributed by atoms with Crippen LogP contribution < -0.4 is 5.56 Å². The molecule has 0 aromatic carbocycles. The number of piperidine rings is 1. The lowest BCUT2D eigenvalue weighted by Crippen LogP contribution is -2.33. The van der Waals surface area contributed by atoms with Gasteiger partial charge in [0.15, 0.2) is 0 Å². The molecule has 0 radical (unpaired) electrons. The number of hydrogen-bond acceptors (Lipinski definition) is 3. The minimum atomic E-state index is 0.0954. The Hall–Kier alpha value is -1.16. The molecule has 0 aliphatic carbocycles. The molecule has 1 saturated heterocycles. The van der Waals surface area contributed by atoms with Crippen LogP contribution in [0.5, 0.6) is 0 Å². The number of hydrogen-bond donors (Lipinski definition) is 0. The lowest BCUT2D eigenvalue weighted by molar-refractivity contribution is 0.219. The van der Waals surface area contributed by atoms with E-state index in [2.05, 4.69) is 9.88 Å². The van der Waals surface area contributed by atoms with Crippen molar-refractivity contribution in [3.8, 4) is 0 Å². The van der Waals surface area contributed by atoms with E-state index in [1.165, 1.54) is 19.3 Å². The van der Waals surface area contributed by atoms with Crippen molar-refractivity contribution in [3.63, 3.8) is 0 Å². The predicted molar refractivity (Wildman–Crippen MR) is 63.3 cm³/mol. The van der Waals surface area contributed by atoms with Gasteiger partial charge in [-0.25, -0.2) is 4.98 Å². The fourth-order valence-electron chi connectivity index (χ4n) is 2.14. The lowest BCUT2D eigenvalue weighted by Gasteiger charge is -2.26. The molecule has 1 aliphatic rings. The Kier molecular flexibility index (Phi) is 3.39. The van der Waals surface area contributed by atoms with Crippen LogP contribution in [0.15, 0.2) is 11.0 Å². The van der Waals surface area contributed by atoms with Crippen LogP contribution in [-0.4, -0.2) is 27.5 Å². The van der Waals surface area contributed by atoms with Gasteiger partial charge in [0.1, 0.15) is 5.82 Å². The Labute approximate surface area is 95.9 Å². The first-order valence-electron chi connectivity index (χ1n) is 5.92. The first-order chi connectivity index (χ1) is 7.68. The van der Waals surface area contributed by atoms with Crippen LogP contribution in [0, 0.1) is 6.92 Å². The van der Waals surface area contributed by atoms with Gasteiger partial charge in [-0.1, -0.05) is 6.42 Å². The van der Waals surface area contributed by atoms with Gasteiger partial charge in [0.2, 0.25) is 0 Å². The molecule has 0 amide bonds. The molecule has 1 aromatic heterocycles. The smallest absolute Gasteiger partial charge is 0.257 e. The third-order valence-corrected chi connectivity index (χ3v) is 3.31. The van der Waals surface area contributed by atoms with E-state index in [0.717, 1.165) is 31.0 Å². The van der Waals surface area contributed by atoms with Crippen molar-refractivity contribution < 1.29 is 0 Å². The zero-order chi connectivity index (χ0) is 11.5. The summed E-state index contributed by atoms with van der Waals surface area (Å²) in [6, 6.07) is 0. The maximum atomic E-state index is 12.0. The second-order valence-corrected chi connectivity index (χ2v) is 4.53. The van der Waals surface area contributed by atoms with Gasteiger partial charge in [0.25, 0.3) is 5.56 Å². The van der Waals surface area contributed by atoms with Crippen LogP contribution in [0.1, 0.15) is 30.7 Å². The highest BCUT2D eigenvalue weighted by molar-refractivity contribution is 5.07. The largest absolute Gasteiger partial charge is 0.300 e. The Morgan fingerprint density at radius 2 is 2.00 bits per heavy atom. The van der Waals surface area contributed by atoms with Crippen molar-refractivity contribution in [2.45, 2.75) is 32.7 Å². The molecule has 1 aliphatic heterocycles. The van der Waals surface area contributed by atoms with E-state index in [1.54, 1.807) is 17.8 Å². The minimum Gasteiger partial charge on any atom is -0.300 e. The average molecular weight is 221 g/mol. The summed E-state index contributed by atoms with van der Waals surface area (Å²) in [6.07, 6.45) is 5.55. The Morgan fingerprint density at radius 1 is 1.31 bits per heavy atom. The topological polar surface area (TPSA) is 38.1 Å². The third-order valence-electron chi connectivity index (χ3n) is 3.31. The van der Waals surface area contributed by atoms with Gasteiger partial charge >= 0.3 is 0 Å². The highest BCUT2D eigenvalue weighted by atomic mass is 16.1. The van der Waals surface area contributed by atoms with Crippen LogP contribution >= 0.6 is 0 Å². The van der Waals surface area contributed by atoms with Crippen molar-refractivity contribution >= 4 is 0 Å². The summed E-state index contributed by atoms with van der Waals surface area (Å²) in [7, 11) is 1.78. The van der Waals surface area contributed by atoms with E-state index in [-0.39, 0.29) is 5.56 Å². The molecule has 0 unspecified atom stereocenters. The summed E-state index contributed by atoms with van der Waals surface area (Å²) >= 11 is 0. The van der Waals surface area contributed by atoms with Crippen LogP contribution in [0.25, 0.3) is 0 Å². The van der Waals surface area contributed by atoms with Gasteiger partial charge in [-0.05, 0) is 32.9 Å². The van der Waals surface area contributed by atoms with E-state index in [9.17, 15) is 4.79 Å². The van der Waals surface area contributed by atoms with Gasteiger partial charge in [-0.2, -0.15) is 0 Å². The number of aryl methyl sites for hydroxylation is 1. The molecular formula is C12H19N3O. The van der Waals surface area contributed by atoms with Crippen LogP contribution in [0.3, 0.4) is 0 Å². The summed E-state index contributed by atoms with van der Waals surface area (Å²) in [6.45, 7) is 4.82. The highest BCUT2D eigenvalue weighted by Crippen LogP contribution is 2.10. The number of rotatable bonds is 2. The average Bonchev–Trinajstić information content (AvgIpc) is 2.31. The molecule has 0 spiro atoms. The second-order valence-electron chi connectivity index (χ2n) is 4.53. The zero-order valence-corrected chi connectivity index (χ0v) is 10.1. The Balaban J connectivity index is 2.15. The molecular weight excluding hydrogens is 202 g/mol. The molecule has 1 aromatic rings. The predicted octanol–water partition coefficient (Wildman–Crippen LogP) is 1.07.